The molecule has 0 fully saturated rings. The van der Waals surface area contributed by atoms with Gasteiger partial charge in [0.2, 0.25) is 0 Å². The van der Waals surface area contributed by atoms with Gasteiger partial charge in [-0.05, 0) is 37.0 Å². The van der Waals surface area contributed by atoms with E-state index in [-0.39, 0.29) is 5.56 Å². The van der Waals surface area contributed by atoms with E-state index in [1.54, 1.807) is 12.1 Å². The highest BCUT2D eigenvalue weighted by molar-refractivity contribution is 7.99. The van der Waals surface area contributed by atoms with Gasteiger partial charge in [0.15, 0.2) is 0 Å². The number of carboxylic acid groups (broad SMARTS) is 1. The summed E-state index contributed by atoms with van der Waals surface area (Å²) < 4.78 is 5.51. The molecule has 1 rings (SSSR count). The fourth-order valence-electron chi connectivity index (χ4n) is 1.42. The summed E-state index contributed by atoms with van der Waals surface area (Å²) in [6.45, 7) is 4.55. The Balaban J connectivity index is 2.55. The lowest BCUT2D eigenvalue weighted by atomic mass is 10.1. The first-order valence-electron chi connectivity index (χ1n) is 5.69. The minimum absolute atomic E-state index is 0.244. The third-order valence-electron chi connectivity index (χ3n) is 2.26. The third kappa shape index (κ3) is 4.69. The quantitative estimate of drug-likeness (QED) is 0.759. The molecule has 0 amide bonds. The van der Waals surface area contributed by atoms with Gasteiger partial charge in [-0.1, -0.05) is 18.6 Å². The van der Waals surface area contributed by atoms with Crippen LogP contribution in [-0.4, -0.2) is 29.2 Å². The fraction of sp³-hybridized carbons (Fsp3) is 0.462. The van der Waals surface area contributed by atoms with Crippen LogP contribution in [-0.2, 0) is 0 Å². The van der Waals surface area contributed by atoms with Gasteiger partial charge in [-0.2, -0.15) is 11.8 Å². The number of aryl methyl sites for hydroxylation is 1. The summed E-state index contributed by atoms with van der Waals surface area (Å²) in [7, 11) is 0. The summed E-state index contributed by atoms with van der Waals surface area (Å²) in [5.41, 5.74) is 1.17. The zero-order valence-electron chi connectivity index (χ0n) is 10.2. The molecule has 0 saturated carbocycles. The van der Waals surface area contributed by atoms with Crippen molar-refractivity contribution in [1.82, 2.24) is 0 Å². The molecule has 0 aliphatic carbocycles. The van der Waals surface area contributed by atoms with Crippen LogP contribution in [0.2, 0.25) is 0 Å². The summed E-state index contributed by atoms with van der Waals surface area (Å²) in [5.74, 6) is 1.67. The zero-order chi connectivity index (χ0) is 12.7. The molecule has 1 aromatic rings. The van der Waals surface area contributed by atoms with Gasteiger partial charge in [0.05, 0.1) is 6.61 Å². The van der Waals surface area contributed by atoms with E-state index in [4.69, 9.17) is 9.84 Å². The predicted octanol–water partition coefficient (Wildman–Crippen LogP) is 3.22. The Bertz CT molecular complexity index is 377. The summed E-state index contributed by atoms with van der Waals surface area (Å²) in [5, 5.41) is 9.05. The van der Waals surface area contributed by atoms with Gasteiger partial charge >= 0.3 is 5.97 Å². The molecule has 0 atom stereocenters. The maximum absolute atomic E-state index is 11.0. The number of rotatable bonds is 7. The number of carbonyl (C=O) groups is 1. The molecule has 0 aliphatic heterocycles. The van der Waals surface area contributed by atoms with Crippen LogP contribution in [0.5, 0.6) is 5.75 Å². The number of ether oxygens (including phenoxy) is 1. The van der Waals surface area contributed by atoms with Crippen molar-refractivity contribution in [2.75, 3.05) is 18.1 Å². The minimum Gasteiger partial charge on any atom is -0.493 e. The Morgan fingerprint density at radius 2 is 2.24 bits per heavy atom. The molecule has 0 spiro atoms. The molecule has 94 valence electrons. The highest BCUT2D eigenvalue weighted by atomic mass is 32.2. The van der Waals surface area contributed by atoms with Crippen molar-refractivity contribution in [3.05, 3.63) is 29.3 Å². The van der Waals surface area contributed by atoms with Crippen molar-refractivity contribution >= 4 is 17.7 Å². The molecular formula is C13H18O3S. The molecule has 1 N–H and O–H groups in total. The van der Waals surface area contributed by atoms with E-state index < -0.39 is 5.97 Å². The summed E-state index contributed by atoms with van der Waals surface area (Å²) in [4.78, 5) is 11.0. The van der Waals surface area contributed by atoms with Gasteiger partial charge in [-0.15, -0.1) is 0 Å². The molecule has 4 heteroatoms. The normalized spacial score (nSPS) is 10.2. The van der Waals surface area contributed by atoms with Gasteiger partial charge in [0, 0.05) is 0 Å². The standard InChI is InChI=1S/C13H18O3S/c1-3-17-8-4-7-16-12-6-5-10(2)9-11(12)13(14)15/h5-6,9H,3-4,7-8H2,1-2H3,(H,14,15). The van der Waals surface area contributed by atoms with E-state index in [1.165, 1.54) is 0 Å². The number of thioether (sulfide) groups is 1. The zero-order valence-corrected chi connectivity index (χ0v) is 11.0. The maximum atomic E-state index is 11.0. The minimum atomic E-state index is -0.938. The Labute approximate surface area is 106 Å². The highest BCUT2D eigenvalue weighted by Crippen LogP contribution is 2.20. The second-order valence-corrected chi connectivity index (χ2v) is 5.10. The lowest BCUT2D eigenvalue weighted by Gasteiger charge is -2.09. The molecule has 0 aliphatic rings. The predicted molar refractivity (Wildman–Crippen MR) is 71.2 cm³/mol. The van der Waals surface area contributed by atoms with Gasteiger partial charge in [-0.3, -0.25) is 0 Å². The first-order valence-corrected chi connectivity index (χ1v) is 6.85. The monoisotopic (exact) mass is 254 g/mol. The molecule has 0 bridgehead atoms. The first-order chi connectivity index (χ1) is 8.15. The van der Waals surface area contributed by atoms with E-state index in [0.29, 0.717) is 12.4 Å². The van der Waals surface area contributed by atoms with Crippen molar-refractivity contribution in [3.8, 4) is 5.75 Å². The lowest BCUT2D eigenvalue weighted by molar-refractivity contribution is 0.0692. The lowest BCUT2D eigenvalue weighted by Crippen LogP contribution is -2.05. The summed E-state index contributed by atoms with van der Waals surface area (Å²) in [6.07, 6.45) is 0.936. The molecule has 0 heterocycles. The first kappa shape index (κ1) is 13.9. The Hall–Kier alpha value is -1.16. The number of hydrogen-bond donors (Lipinski definition) is 1. The SMILES string of the molecule is CCSCCCOc1ccc(C)cc1C(=O)O. The molecule has 0 aromatic heterocycles. The fourth-order valence-corrected chi connectivity index (χ4v) is 2.03. The topological polar surface area (TPSA) is 46.5 Å². The van der Waals surface area contributed by atoms with Gasteiger partial charge < -0.3 is 9.84 Å². The van der Waals surface area contributed by atoms with Crippen molar-refractivity contribution < 1.29 is 14.6 Å². The molecule has 0 radical (unpaired) electrons. The van der Waals surface area contributed by atoms with Gasteiger partial charge in [-0.25, -0.2) is 4.79 Å². The van der Waals surface area contributed by atoms with Crippen LogP contribution in [0, 0.1) is 6.92 Å². The second-order valence-electron chi connectivity index (χ2n) is 3.70. The van der Waals surface area contributed by atoms with Crippen molar-refractivity contribution in [3.63, 3.8) is 0 Å². The largest absolute Gasteiger partial charge is 0.493 e. The van der Waals surface area contributed by atoms with E-state index in [9.17, 15) is 4.79 Å². The average Bonchev–Trinajstić information content (AvgIpc) is 2.30. The van der Waals surface area contributed by atoms with E-state index in [1.807, 2.05) is 24.8 Å². The molecule has 0 unspecified atom stereocenters. The van der Waals surface area contributed by atoms with Crippen LogP contribution in [0.15, 0.2) is 18.2 Å². The van der Waals surface area contributed by atoms with Crippen LogP contribution >= 0.6 is 11.8 Å². The third-order valence-corrected chi connectivity index (χ3v) is 3.25. The number of aromatic carboxylic acids is 1. The van der Waals surface area contributed by atoms with E-state index >= 15 is 0 Å². The number of carboxylic acids is 1. The van der Waals surface area contributed by atoms with Crippen molar-refractivity contribution in [2.45, 2.75) is 20.3 Å². The summed E-state index contributed by atoms with van der Waals surface area (Å²) >= 11 is 1.86. The maximum Gasteiger partial charge on any atom is 0.339 e. The van der Waals surface area contributed by atoms with Crippen LogP contribution in [0.1, 0.15) is 29.3 Å². The van der Waals surface area contributed by atoms with Gasteiger partial charge in [0.25, 0.3) is 0 Å². The Morgan fingerprint density at radius 1 is 1.47 bits per heavy atom. The molecule has 17 heavy (non-hydrogen) atoms. The van der Waals surface area contributed by atoms with E-state index in [2.05, 4.69) is 6.92 Å². The van der Waals surface area contributed by atoms with Crippen LogP contribution in [0.25, 0.3) is 0 Å². The number of hydrogen-bond acceptors (Lipinski definition) is 3. The van der Waals surface area contributed by atoms with Crippen LogP contribution in [0.4, 0.5) is 0 Å². The molecule has 1 aromatic carbocycles. The van der Waals surface area contributed by atoms with Crippen LogP contribution < -0.4 is 4.74 Å². The Kier molecular flexibility index (Phi) is 5.91. The van der Waals surface area contributed by atoms with Gasteiger partial charge in [0.1, 0.15) is 11.3 Å². The average molecular weight is 254 g/mol. The second kappa shape index (κ2) is 7.22. The van der Waals surface area contributed by atoms with E-state index in [0.717, 1.165) is 23.5 Å². The van der Waals surface area contributed by atoms with Crippen molar-refractivity contribution in [2.24, 2.45) is 0 Å². The smallest absolute Gasteiger partial charge is 0.339 e. The molecular weight excluding hydrogens is 236 g/mol. The van der Waals surface area contributed by atoms with Crippen LogP contribution in [0.3, 0.4) is 0 Å². The molecule has 0 saturated heterocycles. The highest BCUT2D eigenvalue weighted by Gasteiger charge is 2.10. The van der Waals surface area contributed by atoms with Crippen molar-refractivity contribution in [1.29, 1.82) is 0 Å². The Morgan fingerprint density at radius 3 is 2.88 bits per heavy atom. The molecule has 3 nitrogen and oxygen atoms in total. The number of benzene rings is 1. The summed E-state index contributed by atoms with van der Waals surface area (Å²) in [6, 6.07) is 5.23.